The minimum Gasteiger partial charge on any atom is -0.493 e. The third kappa shape index (κ3) is 5.03. The van der Waals surface area contributed by atoms with Gasteiger partial charge in [0.05, 0.1) is 31.7 Å². The number of thiophene rings is 1. The maximum absolute atomic E-state index is 11.9. The Morgan fingerprint density at radius 3 is 2.53 bits per heavy atom. The van der Waals surface area contributed by atoms with Gasteiger partial charge in [0, 0.05) is 10.4 Å². The van der Waals surface area contributed by atoms with E-state index in [-0.39, 0.29) is 29.9 Å². The summed E-state index contributed by atoms with van der Waals surface area (Å²) in [5.41, 5.74) is 3.68. The fraction of sp³-hybridized carbons (Fsp3) is 0.500. The Morgan fingerprint density at radius 1 is 1.15 bits per heavy atom. The quantitative estimate of drug-likeness (QED) is 0.476. The van der Waals surface area contributed by atoms with Crippen LogP contribution in [-0.2, 0) is 9.53 Å². The molecule has 0 spiro atoms. The molecule has 0 saturated carbocycles. The molecule has 2 aromatic heterocycles. The Labute approximate surface area is 205 Å². The third-order valence-electron chi connectivity index (χ3n) is 6.01. The number of fused-ring (bicyclic) bond motifs is 3. The summed E-state index contributed by atoms with van der Waals surface area (Å²) >= 11 is 1.79. The van der Waals surface area contributed by atoms with Crippen LogP contribution < -0.4 is 10.1 Å². The number of ether oxygens (including phenoxy) is 2. The summed E-state index contributed by atoms with van der Waals surface area (Å²) in [5, 5.41) is 13.7. The first-order valence-corrected chi connectivity index (χ1v) is 12.5. The summed E-state index contributed by atoms with van der Waals surface area (Å²) in [6.07, 6.45) is 0.231. The minimum atomic E-state index is -0.235. The number of nitrogens with zero attached hydrogens (tertiary/aromatic N) is 3. The molecule has 1 N–H and O–H groups in total. The first-order chi connectivity index (χ1) is 16.0. The van der Waals surface area contributed by atoms with Gasteiger partial charge in [-0.3, -0.25) is 14.7 Å². The first kappa shape index (κ1) is 24.4. The lowest BCUT2D eigenvalue weighted by Gasteiger charge is -2.22. The Morgan fingerprint density at radius 2 is 1.85 bits per heavy atom. The molecule has 1 aliphatic heterocycles. The van der Waals surface area contributed by atoms with E-state index < -0.39 is 0 Å². The zero-order valence-corrected chi connectivity index (χ0v) is 21.9. The van der Waals surface area contributed by atoms with Crippen molar-refractivity contribution in [2.45, 2.75) is 67.0 Å². The second-order valence-corrected chi connectivity index (χ2v) is 11.4. The molecule has 1 aliphatic rings. The van der Waals surface area contributed by atoms with Gasteiger partial charge < -0.3 is 9.47 Å². The van der Waals surface area contributed by atoms with Gasteiger partial charge in [-0.05, 0) is 56.4 Å². The average molecular weight is 483 g/mol. The largest absolute Gasteiger partial charge is 0.493 e. The number of hydrogen-bond donors (Lipinski definition) is 1. The lowest BCUT2D eigenvalue weighted by Crippen LogP contribution is -2.25. The average Bonchev–Trinajstić information content (AvgIpc) is 3.26. The van der Waals surface area contributed by atoms with E-state index in [2.05, 4.69) is 53.0 Å². The topological polar surface area (TPSA) is 78.3 Å². The van der Waals surface area contributed by atoms with E-state index in [1.54, 1.807) is 11.3 Å². The number of benzene rings is 1. The summed E-state index contributed by atoms with van der Waals surface area (Å²) < 4.78 is 13.3. The molecule has 7 nitrogen and oxygen atoms in total. The highest BCUT2D eigenvalue weighted by Gasteiger charge is 2.32. The molecular weight excluding hydrogens is 448 g/mol. The van der Waals surface area contributed by atoms with Crippen molar-refractivity contribution in [2.75, 3.05) is 13.2 Å². The monoisotopic (exact) mass is 482 g/mol. The van der Waals surface area contributed by atoms with Crippen LogP contribution in [0.4, 0.5) is 0 Å². The number of esters is 1. The van der Waals surface area contributed by atoms with E-state index in [1.807, 2.05) is 39.8 Å². The number of aryl methyl sites for hydroxylation is 2. The van der Waals surface area contributed by atoms with E-state index in [0.29, 0.717) is 13.2 Å². The standard InChI is InChI=1S/C26H34N4O3S/c1-15-17(3)34-25-22(15)23(27-16(2)24-29-28-18(4)30(24)25)19-8-10-20(11-9-19)32-13-12-21(31)33-14-26(5,6)7/h8-11,16,23,27H,12-14H2,1-7H3/t16-,23?/m0/s1. The molecule has 1 unspecified atom stereocenters. The maximum atomic E-state index is 11.9. The molecule has 0 saturated heterocycles. The fourth-order valence-corrected chi connectivity index (χ4v) is 5.34. The summed E-state index contributed by atoms with van der Waals surface area (Å²) in [4.78, 5) is 13.2. The van der Waals surface area contributed by atoms with Crippen LogP contribution in [0.2, 0.25) is 0 Å². The van der Waals surface area contributed by atoms with Crippen LogP contribution in [0.1, 0.15) is 79.4 Å². The first-order valence-electron chi connectivity index (χ1n) is 11.7. The van der Waals surface area contributed by atoms with E-state index in [9.17, 15) is 4.79 Å². The van der Waals surface area contributed by atoms with Gasteiger partial charge in [-0.25, -0.2) is 0 Å². The van der Waals surface area contributed by atoms with Gasteiger partial charge in [-0.2, -0.15) is 0 Å². The van der Waals surface area contributed by atoms with Gasteiger partial charge in [-0.1, -0.05) is 32.9 Å². The van der Waals surface area contributed by atoms with Crippen molar-refractivity contribution in [3.63, 3.8) is 0 Å². The molecule has 0 amide bonds. The van der Waals surface area contributed by atoms with Gasteiger partial charge in [0.2, 0.25) is 0 Å². The molecule has 0 radical (unpaired) electrons. The smallest absolute Gasteiger partial charge is 0.309 e. The molecule has 0 fully saturated rings. The number of carbonyl (C=O) groups excluding carboxylic acids is 1. The molecule has 1 aromatic carbocycles. The molecule has 2 atom stereocenters. The predicted molar refractivity (Wildman–Crippen MR) is 134 cm³/mol. The summed E-state index contributed by atoms with van der Waals surface area (Å²) in [6.45, 7) is 15.3. The van der Waals surface area contributed by atoms with Crippen molar-refractivity contribution in [1.29, 1.82) is 0 Å². The van der Waals surface area contributed by atoms with Gasteiger partial charge >= 0.3 is 5.97 Å². The molecule has 8 heteroatoms. The van der Waals surface area contributed by atoms with Crippen molar-refractivity contribution < 1.29 is 14.3 Å². The summed E-state index contributed by atoms with van der Waals surface area (Å²) in [6, 6.07) is 8.18. The van der Waals surface area contributed by atoms with Crippen molar-refractivity contribution in [2.24, 2.45) is 5.41 Å². The highest BCUT2D eigenvalue weighted by atomic mass is 32.1. The Hall–Kier alpha value is -2.71. The van der Waals surface area contributed by atoms with E-state index in [4.69, 9.17) is 9.47 Å². The van der Waals surface area contributed by atoms with E-state index >= 15 is 0 Å². The second kappa shape index (κ2) is 9.50. The molecule has 3 heterocycles. The number of rotatable bonds is 6. The third-order valence-corrected chi connectivity index (χ3v) is 7.22. The maximum Gasteiger partial charge on any atom is 0.309 e. The highest BCUT2D eigenvalue weighted by molar-refractivity contribution is 7.14. The van der Waals surface area contributed by atoms with Crippen LogP contribution in [0.25, 0.3) is 5.00 Å². The Kier molecular flexibility index (Phi) is 6.82. The van der Waals surface area contributed by atoms with E-state index in [1.165, 1.54) is 21.0 Å². The lowest BCUT2D eigenvalue weighted by atomic mass is 9.96. The normalized spacial score (nSPS) is 17.6. The molecule has 4 rings (SSSR count). The molecule has 3 aromatic rings. The molecule has 0 aliphatic carbocycles. The van der Waals surface area contributed by atoms with Gasteiger partial charge in [0.15, 0.2) is 5.82 Å². The Bertz CT molecular complexity index is 1170. The fourth-order valence-electron chi connectivity index (χ4n) is 4.09. The molecule has 182 valence electrons. The van der Waals surface area contributed by atoms with Gasteiger partial charge in [0.1, 0.15) is 16.6 Å². The molecular formula is C26H34N4O3S. The van der Waals surface area contributed by atoms with Crippen LogP contribution in [0.15, 0.2) is 24.3 Å². The minimum absolute atomic E-state index is 0.0254. The SMILES string of the molecule is Cc1sc2c(c1C)C(c1ccc(OCCC(=O)OCC(C)(C)C)cc1)N[C@@H](C)c1nnc(C)n1-2. The summed E-state index contributed by atoms with van der Waals surface area (Å²) in [5.74, 6) is 2.33. The van der Waals surface area contributed by atoms with Crippen molar-refractivity contribution in [1.82, 2.24) is 20.1 Å². The molecule has 0 bridgehead atoms. The van der Waals surface area contributed by atoms with Crippen LogP contribution in [0.5, 0.6) is 5.75 Å². The van der Waals surface area contributed by atoms with E-state index in [0.717, 1.165) is 23.0 Å². The van der Waals surface area contributed by atoms with Crippen LogP contribution in [-0.4, -0.2) is 33.9 Å². The van der Waals surface area contributed by atoms with Gasteiger partial charge in [-0.15, -0.1) is 21.5 Å². The lowest BCUT2D eigenvalue weighted by molar-refractivity contribution is -0.146. The summed E-state index contributed by atoms with van der Waals surface area (Å²) in [7, 11) is 0. The zero-order chi connectivity index (χ0) is 24.6. The second-order valence-electron chi connectivity index (χ2n) is 10.2. The number of hydrogen-bond acceptors (Lipinski definition) is 7. The number of aromatic nitrogens is 3. The van der Waals surface area contributed by atoms with Crippen molar-refractivity contribution >= 4 is 17.3 Å². The number of carbonyl (C=O) groups is 1. The van der Waals surface area contributed by atoms with Crippen LogP contribution in [0.3, 0.4) is 0 Å². The van der Waals surface area contributed by atoms with Crippen molar-refractivity contribution in [3.05, 3.63) is 57.5 Å². The van der Waals surface area contributed by atoms with Gasteiger partial charge in [0.25, 0.3) is 0 Å². The van der Waals surface area contributed by atoms with Crippen LogP contribution >= 0.6 is 11.3 Å². The Balaban J connectivity index is 1.49. The highest BCUT2D eigenvalue weighted by Crippen LogP contribution is 2.42. The molecule has 34 heavy (non-hydrogen) atoms. The van der Waals surface area contributed by atoms with Crippen LogP contribution in [0, 0.1) is 26.2 Å². The number of nitrogens with one attached hydrogen (secondary N) is 1. The van der Waals surface area contributed by atoms with Crippen molar-refractivity contribution in [3.8, 4) is 10.8 Å². The predicted octanol–water partition coefficient (Wildman–Crippen LogP) is 5.37. The zero-order valence-electron chi connectivity index (χ0n) is 21.1.